The number of likely N-dealkylation sites (N-methyl/N-ethyl adjacent to an activating group) is 2. The molecule has 0 N–H and O–H groups in total. The lowest BCUT2D eigenvalue weighted by molar-refractivity contribution is 0.294. The molecule has 2 heterocycles. The molecule has 2 aromatic heterocycles. The van der Waals surface area contributed by atoms with E-state index in [1.54, 1.807) is 6.20 Å². The number of hydrogen-bond acceptors (Lipinski definition) is 5. The Kier molecular flexibility index (Phi) is 8.43. The van der Waals surface area contributed by atoms with Gasteiger partial charge in [-0.15, -0.1) is 0 Å². The maximum atomic E-state index is 4.87. The molecular weight excluding hydrogens is 384 g/mol. The van der Waals surface area contributed by atoms with Crippen molar-refractivity contribution in [2.24, 2.45) is 7.05 Å². The first-order valence-corrected chi connectivity index (χ1v) is 11.7. The lowest BCUT2D eigenvalue weighted by atomic mass is 10.1. The van der Waals surface area contributed by atoms with E-state index in [-0.39, 0.29) is 0 Å². The van der Waals surface area contributed by atoms with Crippen molar-refractivity contribution in [3.8, 4) is 11.4 Å². The van der Waals surface area contributed by atoms with Gasteiger partial charge in [-0.1, -0.05) is 39.8 Å². The Labute approximate surface area is 187 Å². The molecule has 0 atom stereocenters. The molecule has 3 rings (SSSR count). The van der Waals surface area contributed by atoms with Gasteiger partial charge in [-0.3, -0.25) is 4.98 Å². The van der Waals surface area contributed by atoms with E-state index in [4.69, 9.17) is 4.98 Å². The van der Waals surface area contributed by atoms with Crippen LogP contribution in [0, 0.1) is 0 Å². The predicted molar refractivity (Wildman–Crippen MR) is 132 cm³/mol. The highest BCUT2D eigenvalue weighted by atomic mass is 15.2. The Balaban J connectivity index is 1.88. The van der Waals surface area contributed by atoms with Gasteiger partial charge in [-0.2, -0.15) is 0 Å². The Morgan fingerprint density at radius 1 is 0.839 bits per heavy atom. The summed E-state index contributed by atoms with van der Waals surface area (Å²) in [6.45, 7) is 17.5. The Morgan fingerprint density at radius 3 is 2.06 bits per heavy atom. The molecule has 0 spiro atoms. The first-order valence-electron chi connectivity index (χ1n) is 11.7. The number of pyridine rings is 1. The monoisotopic (exact) mass is 422 g/mol. The lowest BCUT2D eigenvalue weighted by Crippen LogP contribution is -2.40. The van der Waals surface area contributed by atoms with Gasteiger partial charge in [0, 0.05) is 50.7 Å². The van der Waals surface area contributed by atoms with Gasteiger partial charge in [0.05, 0.1) is 17.2 Å². The van der Waals surface area contributed by atoms with E-state index >= 15 is 0 Å². The number of hydrogen-bond donors (Lipinski definition) is 0. The highest BCUT2D eigenvalue weighted by Gasteiger charge is 2.14. The molecule has 0 saturated heterocycles. The fourth-order valence-corrected chi connectivity index (χ4v) is 4.11. The first-order chi connectivity index (χ1) is 15.1. The fraction of sp³-hybridized carbons (Fsp3) is 0.520. The molecule has 6 nitrogen and oxygen atoms in total. The third-order valence-electron chi connectivity index (χ3n) is 6.31. The third-order valence-corrected chi connectivity index (χ3v) is 6.31. The van der Waals surface area contributed by atoms with Crippen molar-refractivity contribution in [2.75, 3.05) is 57.3 Å². The van der Waals surface area contributed by atoms with E-state index in [0.717, 1.165) is 74.8 Å². The summed E-state index contributed by atoms with van der Waals surface area (Å²) in [7, 11) is 2.07. The standard InChI is InChI=1S/C25H38N6/c1-6-29(7-2)15-17-31(18-16-30(8-3)9-4)22-12-10-11-21(19-22)25-27-23-13-14-26-20-24(23)28(25)5/h10-14,19-20H,6-9,15-18H2,1-5H3. The van der Waals surface area contributed by atoms with Gasteiger partial charge in [-0.25, -0.2) is 4.98 Å². The van der Waals surface area contributed by atoms with E-state index in [0.29, 0.717) is 0 Å². The van der Waals surface area contributed by atoms with Gasteiger partial charge in [0.15, 0.2) is 0 Å². The normalized spacial score (nSPS) is 11.7. The van der Waals surface area contributed by atoms with Gasteiger partial charge in [-0.05, 0) is 44.4 Å². The molecule has 0 aliphatic carbocycles. The molecule has 0 amide bonds. The van der Waals surface area contributed by atoms with Crippen LogP contribution in [0.1, 0.15) is 27.7 Å². The van der Waals surface area contributed by atoms with Gasteiger partial charge >= 0.3 is 0 Å². The Hall–Kier alpha value is -2.44. The number of imidazole rings is 1. The molecule has 0 unspecified atom stereocenters. The van der Waals surface area contributed by atoms with E-state index < -0.39 is 0 Å². The summed E-state index contributed by atoms with van der Waals surface area (Å²) >= 11 is 0. The molecule has 0 bridgehead atoms. The van der Waals surface area contributed by atoms with E-state index in [1.165, 1.54) is 5.69 Å². The van der Waals surface area contributed by atoms with Gasteiger partial charge in [0.2, 0.25) is 0 Å². The van der Waals surface area contributed by atoms with Crippen LogP contribution >= 0.6 is 0 Å². The number of fused-ring (bicyclic) bond motifs is 1. The predicted octanol–water partition coefficient (Wildman–Crippen LogP) is 4.13. The molecule has 1 aromatic carbocycles. The minimum absolute atomic E-state index is 0.984. The summed E-state index contributed by atoms with van der Waals surface area (Å²) in [5.41, 5.74) is 4.45. The van der Waals surface area contributed by atoms with Crippen molar-refractivity contribution in [3.05, 3.63) is 42.7 Å². The highest BCUT2D eigenvalue weighted by Crippen LogP contribution is 2.26. The van der Waals surface area contributed by atoms with Crippen LogP contribution in [0.3, 0.4) is 0 Å². The SMILES string of the molecule is CCN(CC)CCN(CCN(CC)CC)c1cccc(-c2nc3ccncc3n2C)c1. The summed E-state index contributed by atoms with van der Waals surface area (Å²) in [5, 5.41) is 0. The number of benzene rings is 1. The summed E-state index contributed by atoms with van der Waals surface area (Å²) in [6.07, 6.45) is 3.69. The number of nitrogens with zero attached hydrogens (tertiary/aromatic N) is 6. The van der Waals surface area contributed by atoms with Crippen LogP contribution < -0.4 is 4.90 Å². The summed E-state index contributed by atoms with van der Waals surface area (Å²) in [6, 6.07) is 10.8. The Bertz CT molecular complexity index is 926. The number of anilines is 1. The molecule has 0 aliphatic heterocycles. The lowest BCUT2D eigenvalue weighted by Gasteiger charge is -2.30. The van der Waals surface area contributed by atoms with Crippen molar-refractivity contribution < 1.29 is 0 Å². The molecule has 6 heteroatoms. The second kappa shape index (κ2) is 11.3. The first kappa shape index (κ1) is 23.2. The maximum Gasteiger partial charge on any atom is 0.140 e. The van der Waals surface area contributed by atoms with Crippen molar-refractivity contribution in [1.29, 1.82) is 0 Å². The molecular formula is C25H38N6. The van der Waals surface area contributed by atoms with E-state index in [1.807, 2.05) is 12.3 Å². The molecule has 0 aliphatic rings. The van der Waals surface area contributed by atoms with Crippen molar-refractivity contribution >= 4 is 16.7 Å². The third kappa shape index (κ3) is 5.63. The van der Waals surface area contributed by atoms with Crippen molar-refractivity contribution in [1.82, 2.24) is 24.3 Å². The minimum atomic E-state index is 0.984. The quantitative estimate of drug-likeness (QED) is 0.439. The molecule has 31 heavy (non-hydrogen) atoms. The Morgan fingerprint density at radius 2 is 1.48 bits per heavy atom. The van der Waals surface area contributed by atoms with Crippen LogP contribution in [0.15, 0.2) is 42.7 Å². The fourth-order valence-electron chi connectivity index (χ4n) is 4.11. The maximum absolute atomic E-state index is 4.87. The van der Waals surface area contributed by atoms with Crippen LogP contribution in [0.25, 0.3) is 22.4 Å². The smallest absolute Gasteiger partial charge is 0.140 e. The average molecular weight is 423 g/mol. The molecule has 168 valence electrons. The van der Waals surface area contributed by atoms with Crippen LogP contribution in [0.2, 0.25) is 0 Å². The van der Waals surface area contributed by atoms with E-state index in [9.17, 15) is 0 Å². The minimum Gasteiger partial charge on any atom is -0.369 e. The second-order valence-corrected chi connectivity index (χ2v) is 7.95. The molecule has 0 fully saturated rings. The van der Waals surface area contributed by atoms with Crippen LogP contribution in [0.5, 0.6) is 0 Å². The van der Waals surface area contributed by atoms with Gasteiger partial charge in [0.1, 0.15) is 5.82 Å². The molecule has 0 saturated carbocycles. The second-order valence-electron chi connectivity index (χ2n) is 7.95. The zero-order chi connectivity index (χ0) is 22.2. The summed E-state index contributed by atoms with van der Waals surface area (Å²) in [5.74, 6) is 0.984. The topological polar surface area (TPSA) is 40.4 Å². The summed E-state index contributed by atoms with van der Waals surface area (Å²) in [4.78, 5) is 16.7. The summed E-state index contributed by atoms with van der Waals surface area (Å²) < 4.78 is 2.14. The number of aryl methyl sites for hydroxylation is 1. The molecule has 0 radical (unpaired) electrons. The highest BCUT2D eigenvalue weighted by molar-refractivity contribution is 5.80. The van der Waals surface area contributed by atoms with E-state index in [2.05, 4.69) is 83.3 Å². The number of aromatic nitrogens is 3. The average Bonchev–Trinajstić information content (AvgIpc) is 3.15. The van der Waals surface area contributed by atoms with Crippen LogP contribution in [-0.4, -0.2) is 76.7 Å². The van der Waals surface area contributed by atoms with Gasteiger partial charge in [0.25, 0.3) is 0 Å². The van der Waals surface area contributed by atoms with Crippen molar-refractivity contribution in [2.45, 2.75) is 27.7 Å². The van der Waals surface area contributed by atoms with Gasteiger partial charge < -0.3 is 19.3 Å². The zero-order valence-corrected chi connectivity index (χ0v) is 19.9. The number of rotatable bonds is 12. The van der Waals surface area contributed by atoms with Crippen LogP contribution in [-0.2, 0) is 7.05 Å². The zero-order valence-electron chi connectivity index (χ0n) is 19.9. The van der Waals surface area contributed by atoms with Crippen LogP contribution in [0.4, 0.5) is 5.69 Å². The largest absolute Gasteiger partial charge is 0.369 e. The van der Waals surface area contributed by atoms with Crippen molar-refractivity contribution in [3.63, 3.8) is 0 Å². The molecule has 3 aromatic rings.